The molecule has 0 saturated carbocycles. The van der Waals surface area contributed by atoms with E-state index in [1.54, 1.807) is 48.5 Å². The third-order valence-corrected chi connectivity index (χ3v) is 4.53. The largest absolute Gasteiger partial charge is 0.455 e. The van der Waals surface area contributed by atoms with Gasteiger partial charge in [-0.25, -0.2) is 9.59 Å². The van der Waals surface area contributed by atoms with Crippen molar-refractivity contribution in [1.82, 2.24) is 0 Å². The zero-order valence-electron chi connectivity index (χ0n) is 16.6. The van der Waals surface area contributed by atoms with Crippen molar-refractivity contribution in [1.29, 1.82) is 0 Å². The second-order valence-corrected chi connectivity index (χ2v) is 6.72. The van der Waals surface area contributed by atoms with Crippen molar-refractivity contribution in [2.45, 2.75) is 12.6 Å². The van der Waals surface area contributed by atoms with Gasteiger partial charge >= 0.3 is 11.9 Å². The van der Waals surface area contributed by atoms with Crippen LogP contribution in [0.3, 0.4) is 0 Å². The van der Waals surface area contributed by atoms with Crippen LogP contribution < -0.4 is 5.32 Å². The Balaban J connectivity index is 1.65. The van der Waals surface area contributed by atoms with Crippen LogP contribution in [-0.2, 0) is 16.0 Å². The Morgan fingerprint density at radius 1 is 0.767 bits per heavy atom. The summed E-state index contributed by atoms with van der Waals surface area (Å²) >= 11 is 0. The minimum Gasteiger partial charge on any atom is -0.455 e. The van der Waals surface area contributed by atoms with Gasteiger partial charge in [0.05, 0.1) is 11.1 Å². The van der Waals surface area contributed by atoms with Crippen molar-refractivity contribution in [2.24, 2.45) is 0 Å². The van der Waals surface area contributed by atoms with Crippen LogP contribution in [0.4, 0.5) is 0 Å². The first kappa shape index (κ1) is 21.0. The number of hydrogen-bond acceptors (Lipinski definition) is 4. The first-order chi connectivity index (χ1) is 14.6. The Morgan fingerprint density at radius 2 is 1.27 bits per heavy atom. The third-order valence-electron chi connectivity index (χ3n) is 4.53. The number of esters is 2. The van der Waals surface area contributed by atoms with Crippen LogP contribution in [-0.4, -0.2) is 24.6 Å². The third kappa shape index (κ3) is 6.15. The van der Waals surface area contributed by atoms with Crippen LogP contribution in [0.15, 0.2) is 103 Å². The van der Waals surface area contributed by atoms with Crippen LogP contribution in [0.25, 0.3) is 0 Å². The quantitative estimate of drug-likeness (QED) is 0.440. The summed E-state index contributed by atoms with van der Waals surface area (Å²) < 4.78 is 10.9. The maximum atomic E-state index is 12.4. The first-order valence-corrected chi connectivity index (χ1v) is 9.69. The van der Waals surface area contributed by atoms with Crippen molar-refractivity contribution < 1.29 is 24.4 Å². The average molecular weight is 402 g/mol. The van der Waals surface area contributed by atoms with Crippen LogP contribution in [0.5, 0.6) is 0 Å². The maximum Gasteiger partial charge on any atom is 0.343 e. The summed E-state index contributed by atoms with van der Waals surface area (Å²) in [5, 5.41) is 1.94. The Labute approximate surface area is 176 Å². The lowest BCUT2D eigenvalue weighted by Gasteiger charge is -2.18. The van der Waals surface area contributed by atoms with Crippen LogP contribution in [0.2, 0.25) is 0 Å². The highest BCUT2D eigenvalue weighted by atomic mass is 16.6. The molecule has 0 aliphatic heterocycles. The Bertz CT molecular complexity index is 972. The van der Waals surface area contributed by atoms with E-state index in [0.717, 1.165) is 5.56 Å². The molecule has 3 aromatic rings. The van der Waals surface area contributed by atoms with Crippen molar-refractivity contribution in [3.05, 3.63) is 120 Å². The monoisotopic (exact) mass is 402 g/mol. The Hall–Kier alpha value is -3.70. The molecule has 0 fully saturated rings. The summed E-state index contributed by atoms with van der Waals surface area (Å²) in [6, 6.07) is 26.9. The van der Waals surface area contributed by atoms with Gasteiger partial charge in [0.2, 0.25) is 0 Å². The van der Waals surface area contributed by atoms with E-state index in [4.69, 9.17) is 9.47 Å². The fraction of sp³-hybridized carbons (Fsp3) is 0.120. The summed E-state index contributed by atoms with van der Waals surface area (Å²) in [6.45, 7) is 4.57. The topological polar surface area (TPSA) is 69.2 Å². The lowest BCUT2D eigenvalue weighted by molar-refractivity contribution is -0.700. The molecule has 0 bridgehead atoms. The first-order valence-electron chi connectivity index (χ1n) is 9.69. The van der Waals surface area contributed by atoms with E-state index in [1.165, 1.54) is 0 Å². The van der Waals surface area contributed by atoms with Gasteiger partial charge in [-0.05, 0) is 24.3 Å². The zero-order valence-corrected chi connectivity index (χ0v) is 16.6. The molecule has 30 heavy (non-hydrogen) atoms. The van der Waals surface area contributed by atoms with Gasteiger partial charge in [0.1, 0.15) is 6.54 Å². The molecule has 3 aromatic carbocycles. The van der Waals surface area contributed by atoms with Gasteiger partial charge in [-0.2, -0.15) is 0 Å². The van der Waals surface area contributed by atoms with Gasteiger partial charge in [0.25, 0.3) is 0 Å². The molecule has 0 spiro atoms. The predicted octanol–water partition coefficient (Wildman–Crippen LogP) is 3.35. The highest BCUT2D eigenvalue weighted by Gasteiger charge is 2.23. The highest BCUT2D eigenvalue weighted by Crippen LogP contribution is 2.09. The molecule has 0 heterocycles. The van der Waals surface area contributed by atoms with E-state index >= 15 is 0 Å². The van der Waals surface area contributed by atoms with Gasteiger partial charge in [-0.15, -0.1) is 0 Å². The second kappa shape index (κ2) is 10.7. The van der Waals surface area contributed by atoms with E-state index in [2.05, 4.69) is 6.58 Å². The van der Waals surface area contributed by atoms with Crippen LogP contribution in [0.1, 0.15) is 26.3 Å². The molecule has 0 aliphatic carbocycles. The molecular formula is C25H24NO4+. The normalized spacial score (nSPS) is 11.3. The number of ether oxygens (including phenoxy) is 2. The average Bonchev–Trinajstić information content (AvgIpc) is 2.80. The van der Waals surface area contributed by atoms with E-state index in [1.807, 2.05) is 47.8 Å². The number of quaternary nitrogens is 1. The molecule has 0 radical (unpaired) electrons. The molecule has 0 amide bonds. The minimum absolute atomic E-state index is 0.0292. The van der Waals surface area contributed by atoms with Crippen molar-refractivity contribution >= 4 is 11.9 Å². The smallest absolute Gasteiger partial charge is 0.343 e. The van der Waals surface area contributed by atoms with Gasteiger partial charge < -0.3 is 14.8 Å². The van der Waals surface area contributed by atoms with Gasteiger partial charge in [0, 0.05) is 5.56 Å². The molecule has 0 unspecified atom stereocenters. The van der Waals surface area contributed by atoms with E-state index in [9.17, 15) is 9.59 Å². The van der Waals surface area contributed by atoms with Gasteiger partial charge in [-0.3, -0.25) is 0 Å². The van der Waals surface area contributed by atoms with Gasteiger partial charge in [0.15, 0.2) is 18.4 Å². The molecular weight excluding hydrogens is 378 g/mol. The molecule has 0 aliphatic rings. The van der Waals surface area contributed by atoms with Crippen molar-refractivity contribution in [3.63, 3.8) is 0 Å². The molecule has 0 aromatic heterocycles. The summed E-state index contributed by atoms with van der Waals surface area (Å²) in [4.78, 5) is 24.7. The Morgan fingerprint density at radius 3 is 1.83 bits per heavy atom. The van der Waals surface area contributed by atoms with Gasteiger partial charge in [-0.1, -0.05) is 73.3 Å². The summed E-state index contributed by atoms with van der Waals surface area (Å²) in [7, 11) is 0. The number of nitrogens with two attached hydrogens (primary N) is 1. The van der Waals surface area contributed by atoms with E-state index < -0.39 is 18.0 Å². The zero-order chi connectivity index (χ0) is 21.2. The minimum atomic E-state index is -0.493. The fourth-order valence-corrected chi connectivity index (χ4v) is 2.84. The molecule has 2 N–H and O–H groups in total. The van der Waals surface area contributed by atoms with Crippen molar-refractivity contribution in [3.8, 4) is 0 Å². The summed E-state index contributed by atoms with van der Waals surface area (Å²) in [5.41, 5.74) is 1.99. The molecule has 5 nitrogen and oxygen atoms in total. The standard InChI is InChI=1S/C25H23NO4/c1-19(30-25(28)22-15-9-4-10-16-22)23(26-17-20-11-5-2-6-12-20)18-29-24(27)21-13-7-3-8-14-21/h2-16,23,26H,1,17-18H2/p+1/t23-/m0/s1. The highest BCUT2D eigenvalue weighted by molar-refractivity contribution is 5.90. The fourth-order valence-electron chi connectivity index (χ4n) is 2.84. The van der Waals surface area contributed by atoms with Crippen LogP contribution >= 0.6 is 0 Å². The second-order valence-electron chi connectivity index (χ2n) is 6.72. The van der Waals surface area contributed by atoms with E-state index in [-0.39, 0.29) is 12.4 Å². The summed E-state index contributed by atoms with van der Waals surface area (Å²) in [5.74, 6) is -0.690. The molecule has 5 heteroatoms. The van der Waals surface area contributed by atoms with E-state index in [0.29, 0.717) is 17.7 Å². The number of rotatable bonds is 9. The maximum absolute atomic E-state index is 12.4. The Kier molecular flexibility index (Phi) is 7.52. The number of carbonyl (C=O) groups is 2. The molecule has 0 saturated heterocycles. The van der Waals surface area contributed by atoms with Crippen molar-refractivity contribution in [2.75, 3.05) is 6.61 Å². The molecule has 3 rings (SSSR count). The predicted molar refractivity (Wildman–Crippen MR) is 114 cm³/mol. The molecule has 1 atom stereocenters. The number of hydrogen-bond donors (Lipinski definition) is 1. The lowest BCUT2D eigenvalue weighted by atomic mass is 10.2. The summed E-state index contributed by atoms with van der Waals surface area (Å²) in [6.07, 6.45) is 0. The molecule has 152 valence electrons. The number of benzene rings is 3. The van der Waals surface area contributed by atoms with Crippen LogP contribution in [0, 0.1) is 0 Å². The SMILES string of the molecule is C=C(OC(=O)c1ccccc1)[C@H](COC(=O)c1ccccc1)[NH2+]Cc1ccccc1. The number of carbonyl (C=O) groups excluding carboxylic acids is 2. The lowest BCUT2D eigenvalue weighted by Crippen LogP contribution is -2.90.